The zero-order valence-corrected chi connectivity index (χ0v) is 12.1. The molecule has 2 aliphatic rings. The zero-order valence-electron chi connectivity index (χ0n) is 12.1. The number of hydrogen-bond donors (Lipinski definition) is 1. The summed E-state index contributed by atoms with van der Waals surface area (Å²) in [6.07, 6.45) is 4.20. The molecule has 0 aliphatic carbocycles. The van der Waals surface area contributed by atoms with Gasteiger partial charge in [0, 0.05) is 26.2 Å². The van der Waals surface area contributed by atoms with E-state index < -0.39 is 0 Å². The smallest absolute Gasteiger partial charge is 0.251 e. The van der Waals surface area contributed by atoms with Crippen LogP contribution in [0.2, 0.25) is 0 Å². The third kappa shape index (κ3) is 4.16. The molecule has 110 valence electrons. The largest absolute Gasteiger partial charge is 0.376 e. The molecule has 0 aromatic rings. The van der Waals surface area contributed by atoms with Gasteiger partial charge in [-0.15, -0.1) is 0 Å². The molecule has 3 unspecified atom stereocenters. The molecule has 19 heavy (non-hydrogen) atoms. The van der Waals surface area contributed by atoms with Crippen molar-refractivity contribution in [3.05, 3.63) is 0 Å². The van der Waals surface area contributed by atoms with Gasteiger partial charge in [-0.1, -0.05) is 0 Å². The molecule has 2 rings (SSSR count). The van der Waals surface area contributed by atoms with Gasteiger partial charge in [0.2, 0.25) is 0 Å². The minimum absolute atomic E-state index is 0.0736. The highest BCUT2D eigenvalue weighted by Gasteiger charge is 2.27. The molecule has 2 saturated heterocycles. The minimum Gasteiger partial charge on any atom is -0.376 e. The van der Waals surface area contributed by atoms with E-state index in [0.717, 1.165) is 39.0 Å². The molecular formula is C14H26N2O3. The summed E-state index contributed by atoms with van der Waals surface area (Å²) in [5.74, 6) is 0.0736. The summed E-state index contributed by atoms with van der Waals surface area (Å²) in [6.45, 7) is 5.08. The summed E-state index contributed by atoms with van der Waals surface area (Å²) in [5, 5.41) is 3.28. The summed E-state index contributed by atoms with van der Waals surface area (Å²) in [5.41, 5.74) is 0. The van der Waals surface area contributed by atoms with Crippen LogP contribution < -0.4 is 5.32 Å². The fraction of sp³-hybridized carbons (Fsp3) is 0.929. The Bertz CT molecular complexity index is 286. The number of likely N-dealkylation sites (N-methyl/N-ethyl adjacent to an activating group) is 1. The van der Waals surface area contributed by atoms with Gasteiger partial charge in [-0.25, -0.2) is 0 Å². The molecule has 0 spiro atoms. The van der Waals surface area contributed by atoms with Crippen LogP contribution in [0.5, 0.6) is 0 Å². The van der Waals surface area contributed by atoms with Crippen LogP contribution in [0, 0.1) is 0 Å². The lowest BCUT2D eigenvalue weighted by Gasteiger charge is -2.28. The Morgan fingerprint density at radius 1 is 1.47 bits per heavy atom. The van der Waals surface area contributed by atoms with Crippen molar-refractivity contribution in [3.63, 3.8) is 0 Å². The van der Waals surface area contributed by atoms with Gasteiger partial charge in [0.25, 0.3) is 5.91 Å². The summed E-state index contributed by atoms with van der Waals surface area (Å²) in [4.78, 5) is 14.1. The van der Waals surface area contributed by atoms with Gasteiger partial charge in [0.15, 0.2) is 0 Å². The molecule has 0 bridgehead atoms. The highest BCUT2D eigenvalue weighted by atomic mass is 16.5. The van der Waals surface area contributed by atoms with E-state index in [4.69, 9.17) is 9.47 Å². The van der Waals surface area contributed by atoms with Crippen molar-refractivity contribution in [2.75, 3.05) is 33.4 Å². The minimum atomic E-state index is -0.379. The lowest BCUT2D eigenvalue weighted by molar-refractivity contribution is -0.146. The molecule has 0 saturated carbocycles. The quantitative estimate of drug-likeness (QED) is 0.802. The molecule has 2 fully saturated rings. The Labute approximate surface area is 115 Å². The van der Waals surface area contributed by atoms with Crippen LogP contribution in [-0.2, 0) is 14.3 Å². The van der Waals surface area contributed by atoms with Gasteiger partial charge in [0.05, 0.1) is 12.7 Å². The topological polar surface area (TPSA) is 50.8 Å². The average molecular weight is 270 g/mol. The van der Waals surface area contributed by atoms with Crippen molar-refractivity contribution in [2.24, 2.45) is 0 Å². The highest BCUT2D eigenvalue weighted by molar-refractivity contribution is 5.80. The second kappa shape index (κ2) is 7.22. The number of carbonyl (C=O) groups excluding carboxylic acids is 1. The van der Waals surface area contributed by atoms with Gasteiger partial charge in [-0.3, -0.25) is 4.79 Å². The first-order valence-electron chi connectivity index (χ1n) is 7.39. The molecule has 1 amide bonds. The van der Waals surface area contributed by atoms with Crippen LogP contribution in [0.15, 0.2) is 0 Å². The van der Waals surface area contributed by atoms with Crippen LogP contribution in [0.4, 0.5) is 0 Å². The molecule has 5 heteroatoms. The van der Waals surface area contributed by atoms with Crippen molar-refractivity contribution >= 4 is 5.91 Å². The summed E-state index contributed by atoms with van der Waals surface area (Å²) in [6, 6.07) is 0.310. The fourth-order valence-electron chi connectivity index (χ4n) is 2.70. The number of amides is 1. The monoisotopic (exact) mass is 270 g/mol. The maximum Gasteiger partial charge on any atom is 0.251 e. The van der Waals surface area contributed by atoms with Crippen LogP contribution in [0.1, 0.15) is 32.6 Å². The third-order valence-electron chi connectivity index (χ3n) is 4.08. The third-order valence-corrected chi connectivity index (χ3v) is 4.08. The Balaban J connectivity index is 1.71. The molecule has 2 heterocycles. The predicted octanol–water partition coefficient (Wildman–Crippen LogP) is 0.781. The number of nitrogens with one attached hydrogen (secondary N) is 1. The van der Waals surface area contributed by atoms with E-state index in [9.17, 15) is 4.79 Å². The molecule has 1 N–H and O–H groups in total. The van der Waals surface area contributed by atoms with E-state index in [1.54, 1.807) is 0 Å². The molecule has 5 nitrogen and oxygen atoms in total. The second-order valence-corrected chi connectivity index (χ2v) is 5.56. The predicted molar refractivity (Wildman–Crippen MR) is 73.0 cm³/mol. The molecule has 0 aromatic heterocycles. The lowest BCUT2D eigenvalue weighted by atomic mass is 10.1. The maximum absolute atomic E-state index is 12.2. The Hall–Kier alpha value is -0.650. The maximum atomic E-state index is 12.2. The summed E-state index contributed by atoms with van der Waals surface area (Å²) < 4.78 is 11.3. The van der Waals surface area contributed by atoms with Crippen LogP contribution in [-0.4, -0.2) is 62.4 Å². The Morgan fingerprint density at radius 2 is 2.32 bits per heavy atom. The van der Waals surface area contributed by atoms with Gasteiger partial charge in [-0.05, 0) is 39.2 Å². The fourth-order valence-corrected chi connectivity index (χ4v) is 2.70. The van der Waals surface area contributed by atoms with E-state index in [1.165, 1.54) is 6.42 Å². The highest BCUT2D eigenvalue weighted by Crippen LogP contribution is 2.14. The van der Waals surface area contributed by atoms with Crippen LogP contribution >= 0.6 is 0 Å². The van der Waals surface area contributed by atoms with Crippen molar-refractivity contribution in [2.45, 2.75) is 50.9 Å². The van der Waals surface area contributed by atoms with E-state index in [1.807, 2.05) is 18.9 Å². The number of nitrogens with zero attached hydrogens (tertiary/aromatic N) is 1. The molecular weight excluding hydrogens is 244 g/mol. The molecule has 0 aromatic carbocycles. The van der Waals surface area contributed by atoms with Gasteiger partial charge in [0.1, 0.15) is 6.10 Å². The van der Waals surface area contributed by atoms with Gasteiger partial charge < -0.3 is 19.7 Å². The van der Waals surface area contributed by atoms with Crippen molar-refractivity contribution in [1.82, 2.24) is 10.2 Å². The van der Waals surface area contributed by atoms with Crippen molar-refractivity contribution in [1.29, 1.82) is 0 Å². The lowest BCUT2D eigenvalue weighted by Crippen LogP contribution is -2.44. The van der Waals surface area contributed by atoms with E-state index in [-0.39, 0.29) is 18.1 Å². The first-order valence-corrected chi connectivity index (χ1v) is 7.39. The molecule has 0 radical (unpaired) electrons. The molecule has 2 aliphatic heterocycles. The number of rotatable bonds is 5. The van der Waals surface area contributed by atoms with E-state index in [0.29, 0.717) is 12.6 Å². The SMILES string of the molecule is CC(OCC1CCCCO1)C(=O)N(C)C1CCNC1. The first kappa shape index (κ1) is 14.8. The number of ether oxygens (including phenoxy) is 2. The summed E-state index contributed by atoms with van der Waals surface area (Å²) in [7, 11) is 1.87. The number of carbonyl (C=O) groups is 1. The Morgan fingerprint density at radius 3 is 2.95 bits per heavy atom. The van der Waals surface area contributed by atoms with E-state index in [2.05, 4.69) is 5.32 Å². The van der Waals surface area contributed by atoms with Crippen LogP contribution in [0.3, 0.4) is 0 Å². The van der Waals surface area contributed by atoms with E-state index >= 15 is 0 Å². The molecule has 3 atom stereocenters. The van der Waals surface area contributed by atoms with Crippen molar-refractivity contribution < 1.29 is 14.3 Å². The van der Waals surface area contributed by atoms with Gasteiger partial charge in [-0.2, -0.15) is 0 Å². The van der Waals surface area contributed by atoms with Gasteiger partial charge >= 0.3 is 0 Å². The average Bonchev–Trinajstić information content (AvgIpc) is 2.98. The summed E-state index contributed by atoms with van der Waals surface area (Å²) >= 11 is 0. The van der Waals surface area contributed by atoms with Crippen molar-refractivity contribution in [3.8, 4) is 0 Å². The van der Waals surface area contributed by atoms with Crippen LogP contribution in [0.25, 0.3) is 0 Å². The Kier molecular flexibility index (Phi) is 5.60. The second-order valence-electron chi connectivity index (χ2n) is 5.56. The normalized spacial score (nSPS) is 29.2. The standard InChI is InChI=1S/C14H26N2O3/c1-11(19-10-13-5-3-4-8-18-13)14(17)16(2)12-6-7-15-9-12/h11-13,15H,3-10H2,1-2H3. The zero-order chi connectivity index (χ0) is 13.7. The first-order chi connectivity index (χ1) is 9.18. The number of hydrogen-bond acceptors (Lipinski definition) is 4.